The Morgan fingerprint density at radius 1 is 0.844 bits per heavy atom. The van der Waals surface area contributed by atoms with Crippen molar-refractivity contribution in [2.75, 3.05) is 10.8 Å². The predicted octanol–water partition coefficient (Wildman–Crippen LogP) is 7.05. The van der Waals surface area contributed by atoms with Crippen molar-refractivity contribution in [2.45, 2.75) is 57.1 Å². The van der Waals surface area contributed by atoms with Gasteiger partial charge in [0.15, 0.2) is 0 Å². The standard InChI is InChI=1S/C35H37Cl2N3O4S/c1-4-26(3)38-35(42)33(21-27-13-7-5-8-14-27)39(23-28-15-11-12-25(2)20-28)34(41)24-40(32-19-18-29(36)22-31(32)37)45(43,44)30-16-9-6-10-17-30/h5-20,22,26,33H,4,21,23-24H2,1-3H3,(H,38,42). The van der Waals surface area contributed by atoms with E-state index in [1.165, 1.54) is 35.2 Å². The number of nitrogens with one attached hydrogen (secondary N) is 1. The number of nitrogens with zero attached hydrogens (tertiary/aromatic N) is 2. The van der Waals surface area contributed by atoms with Crippen LogP contribution in [0.15, 0.2) is 108 Å². The number of benzene rings is 4. The van der Waals surface area contributed by atoms with Gasteiger partial charge in [0.05, 0.1) is 15.6 Å². The van der Waals surface area contributed by atoms with Crippen molar-refractivity contribution in [3.8, 4) is 0 Å². The van der Waals surface area contributed by atoms with Gasteiger partial charge in [-0.15, -0.1) is 0 Å². The fraction of sp³-hybridized carbons (Fsp3) is 0.257. The van der Waals surface area contributed by atoms with E-state index >= 15 is 0 Å². The predicted molar refractivity (Wildman–Crippen MR) is 181 cm³/mol. The summed E-state index contributed by atoms with van der Waals surface area (Å²) < 4.78 is 29.2. The molecule has 7 nitrogen and oxygen atoms in total. The fourth-order valence-electron chi connectivity index (χ4n) is 4.92. The Morgan fingerprint density at radius 3 is 2.11 bits per heavy atom. The van der Waals surface area contributed by atoms with Crippen LogP contribution in [-0.4, -0.2) is 43.8 Å². The van der Waals surface area contributed by atoms with E-state index in [-0.39, 0.29) is 40.5 Å². The number of hydrogen-bond donors (Lipinski definition) is 1. The third-order valence-corrected chi connectivity index (χ3v) is 9.81. The zero-order valence-electron chi connectivity index (χ0n) is 25.5. The van der Waals surface area contributed by atoms with Crippen LogP contribution < -0.4 is 9.62 Å². The van der Waals surface area contributed by atoms with Gasteiger partial charge in [-0.2, -0.15) is 0 Å². The molecule has 0 saturated carbocycles. The van der Waals surface area contributed by atoms with Crippen LogP contribution in [0.25, 0.3) is 0 Å². The van der Waals surface area contributed by atoms with E-state index < -0.39 is 28.5 Å². The molecule has 0 fully saturated rings. The Morgan fingerprint density at radius 2 is 1.49 bits per heavy atom. The molecule has 2 atom stereocenters. The maximum absolute atomic E-state index is 14.5. The number of anilines is 1. The van der Waals surface area contributed by atoms with Crippen LogP contribution in [0, 0.1) is 6.92 Å². The van der Waals surface area contributed by atoms with E-state index in [4.69, 9.17) is 23.2 Å². The first-order chi connectivity index (χ1) is 21.5. The Kier molecular flexibility index (Phi) is 11.7. The number of amides is 2. The molecule has 10 heteroatoms. The number of sulfonamides is 1. The van der Waals surface area contributed by atoms with E-state index in [1.807, 2.05) is 75.4 Å². The molecule has 4 rings (SSSR count). The zero-order valence-corrected chi connectivity index (χ0v) is 27.8. The summed E-state index contributed by atoms with van der Waals surface area (Å²) in [4.78, 5) is 29.9. The topological polar surface area (TPSA) is 86.8 Å². The molecule has 2 amide bonds. The minimum Gasteiger partial charge on any atom is -0.352 e. The van der Waals surface area contributed by atoms with E-state index in [9.17, 15) is 18.0 Å². The van der Waals surface area contributed by atoms with Crippen LogP contribution in [0.4, 0.5) is 5.69 Å². The van der Waals surface area contributed by atoms with Crippen LogP contribution >= 0.6 is 23.2 Å². The van der Waals surface area contributed by atoms with Gasteiger partial charge in [-0.1, -0.05) is 108 Å². The van der Waals surface area contributed by atoms with Crippen LogP contribution in [0.3, 0.4) is 0 Å². The molecule has 0 radical (unpaired) electrons. The average Bonchev–Trinajstić information content (AvgIpc) is 3.02. The third-order valence-electron chi connectivity index (χ3n) is 7.50. The number of aryl methyl sites for hydroxylation is 1. The SMILES string of the molecule is CCC(C)NC(=O)C(Cc1ccccc1)N(Cc1cccc(C)c1)C(=O)CN(c1ccc(Cl)cc1Cl)S(=O)(=O)c1ccccc1. The molecule has 0 bridgehead atoms. The number of rotatable bonds is 13. The van der Waals surface area contributed by atoms with Crippen molar-refractivity contribution in [1.29, 1.82) is 0 Å². The highest BCUT2D eigenvalue weighted by molar-refractivity contribution is 7.92. The molecule has 2 unspecified atom stereocenters. The molecule has 236 valence electrons. The van der Waals surface area contributed by atoms with Crippen molar-refractivity contribution < 1.29 is 18.0 Å². The lowest BCUT2D eigenvalue weighted by Crippen LogP contribution is -2.54. The Labute approximate surface area is 275 Å². The van der Waals surface area contributed by atoms with Gasteiger partial charge in [0.2, 0.25) is 11.8 Å². The highest BCUT2D eigenvalue weighted by Gasteiger charge is 2.35. The molecular formula is C35H37Cl2N3O4S. The second kappa shape index (κ2) is 15.4. The van der Waals surface area contributed by atoms with Crippen LogP contribution in [-0.2, 0) is 32.6 Å². The largest absolute Gasteiger partial charge is 0.352 e. The summed E-state index contributed by atoms with van der Waals surface area (Å²) in [5.41, 5.74) is 2.75. The van der Waals surface area contributed by atoms with Crippen molar-refractivity contribution in [3.05, 3.63) is 130 Å². The first-order valence-corrected chi connectivity index (χ1v) is 16.9. The second-order valence-electron chi connectivity index (χ2n) is 11.0. The van der Waals surface area contributed by atoms with Crippen LogP contribution in [0.2, 0.25) is 10.0 Å². The molecule has 0 aliphatic rings. The molecule has 45 heavy (non-hydrogen) atoms. The van der Waals surface area contributed by atoms with Crippen molar-refractivity contribution >= 4 is 50.7 Å². The van der Waals surface area contributed by atoms with E-state index in [2.05, 4.69) is 5.32 Å². The molecule has 4 aromatic carbocycles. The van der Waals surface area contributed by atoms with Crippen LogP contribution in [0.1, 0.15) is 37.0 Å². The smallest absolute Gasteiger partial charge is 0.264 e. The van der Waals surface area contributed by atoms with Gasteiger partial charge >= 0.3 is 0 Å². The molecule has 0 aromatic heterocycles. The van der Waals surface area contributed by atoms with Gasteiger partial charge in [0.1, 0.15) is 12.6 Å². The highest BCUT2D eigenvalue weighted by atomic mass is 35.5. The maximum Gasteiger partial charge on any atom is 0.264 e. The zero-order chi connectivity index (χ0) is 32.6. The fourth-order valence-corrected chi connectivity index (χ4v) is 6.93. The molecule has 0 heterocycles. The van der Waals surface area contributed by atoms with Crippen molar-refractivity contribution in [1.82, 2.24) is 10.2 Å². The van der Waals surface area contributed by atoms with Crippen molar-refractivity contribution in [2.24, 2.45) is 0 Å². The Bertz CT molecular complexity index is 1720. The van der Waals surface area contributed by atoms with E-state index in [1.54, 1.807) is 18.2 Å². The average molecular weight is 667 g/mol. The summed E-state index contributed by atoms with van der Waals surface area (Å²) in [6.45, 7) is 5.30. The van der Waals surface area contributed by atoms with Gasteiger partial charge < -0.3 is 10.2 Å². The third kappa shape index (κ3) is 8.87. The van der Waals surface area contributed by atoms with Gasteiger partial charge in [-0.25, -0.2) is 8.42 Å². The lowest BCUT2D eigenvalue weighted by Gasteiger charge is -2.34. The van der Waals surface area contributed by atoms with Gasteiger partial charge in [0, 0.05) is 24.0 Å². The number of carbonyl (C=O) groups excluding carboxylic acids is 2. The summed E-state index contributed by atoms with van der Waals surface area (Å²) >= 11 is 12.7. The summed E-state index contributed by atoms with van der Waals surface area (Å²) in [6.07, 6.45) is 0.932. The quantitative estimate of drug-likeness (QED) is 0.166. The molecule has 0 spiro atoms. The first kappa shape index (κ1) is 34.0. The first-order valence-electron chi connectivity index (χ1n) is 14.7. The Hall–Kier alpha value is -3.85. The van der Waals surface area contributed by atoms with E-state index in [0.29, 0.717) is 11.4 Å². The molecular weight excluding hydrogens is 629 g/mol. The lowest BCUT2D eigenvalue weighted by atomic mass is 10.0. The molecule has 0 aliphatic heterocycles. The molecule has 0 aliphatic carbocycles. The highest BCUT2D eigenvalue weighted by Crippen LogP contribution is 2.33. The van der Waals surface area contributed by atoms with Crippen molar-refractivity contribution in [3.63, 3.8) is 0 Å². The number of halogens is 2. The van der Waals surface area contributed by atoms with Gasteiger partial charge in [0.25, 0.3) is 10.0 Å². The minimum atomic E-state index is -4.27. The summed E-state index contributed by atoms with van der Waals surface area (Å²) in [5, 5.41) is 3.42. The number of hydrogen-bond acceptors (Lipinski definition) is 4. The number of carbonyl (C=O) groups is 2. The van der Waals surface area contributed by atoms with Gasteiger partial charge in [-0.05, 0) is 61.7 Å². The lowest BCUT2D eigenvalue weighted by molar-refractivity contribution is -0.140. The summed E-state index contributed by atoms with van der Waals surface area (Å²) in [7, 11) is -4.27. The van der Waals surface area contributed by atoms with Gasteiger partial charge in [-0.3, -0.25) is 13.9 Å². The minimum absolute atomic E-state index is 0.00981. The second-order valence-corrected chi connectivity index (χ2v) is 13.7. The normalized spacial score (nSPS) is 12.6. The monoisotopic (exact) mass is 665 g/mol. The summed E-state index contributed by atoms with van der Waals surface area (Å²) in [5.74, 6) is -0.890. The Balaban J connectivity index is 1.83. The molecule has 1 N–H and O–H groups in total. The van der Waals surface area contributed by atoms with Crippen LogP contribution in [0.5, 0.6) is 0 Å². The van der Waals surface area contributed by atoms with E-state index in [0.717, 1.165) is 21.0 Å². The molecule has 0 saturated heterocycles. The maximum atomic E-state index is 14.5. The summed E-state index contributed by atoms with van der Waals surface area (Å²) in [6, 6.07) is 28.3. The molecule has 4 aromatic rings.